The quantitative estimate of drug-likeness (QED) is 0.184. The van der Waals surface area contributed by atoms with Crippen molar-refractivity contribution < 1.29 is 4.42 Å². The van der Waals surface area contributed by atoms with Gasteiger partial charge in [0.1, 0.15) is 17.2 Å². The van der Waals surface area contributed by atoms with Crippen LogP contribution in [-0.4, -0.2) is 9.13 Å². The van der Waals surface area contributed by atoms with Crippen molar-refractivity contribution in [3.8, 4) is 28.6 Å². The van der Waals surface area contributed by atoms with Crippen molar-refractivity contribution in [2.75, 3.05) is 0 Å². The van der Waals surface area contributed by atoms with E-state index in [9.17, 15) is 5.26 Å². The number of nitriles is 1. The van der Waals surface area contributed by atoms with E-state index >= 15 is 0 Å². The number of aromatic nitrogens is 2. The molecule has 0 radical (unpaired) electrons. The van der Waals surface area contributed by atoms with Gasteiger partial charge in [-0.3, -0.25) is 0 Å². The highest BCUT2D eigenvalue weighted by molar-refractivity contribution is 6.14. The van der Waals surface area contributed by atoms with Crippen molar-refractivity contribution in [3.05, 3.63) is 163 Å². The van der Waals surface area contributed by atoms with Crippen molar-refractivity contribution in [2.45, 2.75) is 0 Å². The summed E-state index contributed by atoms with van der Waals surface area (Å²) in [6.07, 6.45) is 0. The normalized spacial score (nSPS) is 11.6. The molecule has 226 valence electrons. The standard InChI is InChI=1S/C44H24N4O/c1-46-38-16-8-15-35-33-13-3-5-18-40(33)48(44(35)38)31-20-22-42-37(25-31)36-24-28(19-21-41(36)49-42)27-9-6-11-30(23-27)47-39-17-4-2-12-32(39)34-14-7-10-29(26-45)43(34)47/h2-25H. The predicted molar refractivity (Wildman–Crippen MR) is 199 cm³/mol. The van der Waals surface area contributed by atoms with Crippen LogP contribution in [0.3, 0.4) is 0 Å². The SMILES string of the molecule is [C-]#[N+]c1cccc2c3ccccc3n(-c3ccc4oc5ccc(-c6cccc(-n7c8ccccc8c8cccc(C#N)c87)c6)cc5c4c3)c12. The lowest BCUT2D eigenvalue weighted by Gasteiger charge is -2.11. The Morgan fingerprint density at radius 1 is 0.510 bits per heavy atom. The number of fused-ring (bicyclic) bond motifs is 9. The second-order valence-corrected chi connectivity index (χ2v) is 12.3. The van der Waals surface area contributed by atoms with Crippen molar-refractivity contribution in [1.82, 2.24) is 9.13 Å². The average molecular weight is 625 g/mol. The fourth-order valence-electron chi connectivity index (χ4n) is 7.64. The summed E-state index contributed by atoms with van der Waals surface area (Å²) >= 11 is 0. The fourth-order valence-corrected chi connectivity index (χ4v) is 7.64. The van der Waals surface area contributed by atoms with Crippen LogP contribution in [0.5, 0.6) is 0 Å². The third-order valence-electron chi connectivity index (χ3n) is 9.76. The first kappa shape index (κ1) is 27.1. The Balaban J connectivity index is 1.16. The number of para-hydroxylation sites is 4. The molecule has 3 aromatic heterocycles. The minimum absolute atomic E-state index is 0.623. The van der Waals surface area contributed by atoms with Crippen molar-refractivity contribution >= 4 is 71.2 Å². The molecule has 0 amide bonds. The van der Waals surface area contributed by atoms with E-state index in [1.165, 1.54) is 0 Å². The van der Waals surface area contributed by atoms with Crippen LogP contribution >= 0.6 is 0 Å². The van der Waals surface area contributed by atoms with E-state index < -0.39 is 0 Å². The van der Waals surface area contributed by atoms with Crippen LogP contribution in [0.1, 0.15) is 5.56 Å². The maximum Gasteiger partial charge on any atom is 0.211 e. The summed E-state index contributed by atoms with van der Waals surface area (Å²) in [7, 11) is 0. The lowest BCUT2D eigenvalue weighted by Crippen LogP contribution is -1.96. The molecule has 0 atom stereocenters. The molecule has 3 heterocycles. The minimum Gasteiger partial charge on any atom is -0.456 e. The van der Waals surface area contributed by atoms with Gasteiger partial charge in [-0.15, -0.1) is 0 Å². The molecule has 10 rings (SSSR count). The van der Waals surface area contributed by atoms with Gasteiger partial charge in [0.2, 0.25) is 5.69 Å². The molecule has 0 saturated carbocycles. The van der Waals surface area contributed by atoms with E-state index in [1.54, 1.807) is 0 Å². The Bertz CT molecular complexity index is 3090. The van der Waals surface area contributed by atoms with Crippen molar-refractivity contribution in [1.29, 1.82) is 5.26 Å². The van der Waals surface area contributed by atoms with Crippen molar-refractivity contribution in [2.24, 2.45) is 0 Å². The molecule has 5 nitrogen and oxygen atoms in total. The summed E-state index contributed by atoms with van der Waals surface area (Å²) in [6.45, 7) is 7.92. The number of furan rings is 1. The molecule has 0 bridgehead atoms. The highest BCUT2D eigenvalue weighted by atomic mass is 16.3. The number of rotatable bonds is 3. The highest BCUT2D eigenvalue weighted by Gasteiger charge is 2.18. The molecule has 5 heteroatoms. The molecule has 0 fully saturated rings. The predicted octanol–water partition coefficient (Wildman–Crippen LogP) is 11.9. The Kier molecular flexibility index (Phi) is 5.64. The van der Waals surface area contributed by atoms with Crippen LogP contribution in [0.25, 0.3) is 92.9 Å². The summed E-state index contributed by atoms with van der Waals surface area (Å²) in [5, 5.41) is 16.5. The molecule has 7 aromatic carbocycles. The van der Waals surface area contributed by atoms with E-state index in [0.717, 1.165) is 88.1 Å². The minimum atomic E-state index is 0.623. The number of benzene rings is 7. The zero-order valence-corrected chi connectivity index (χ0v) is 26.1. The lowest BCUT2D eigenvalue weighted by molar-refractivity contribution is 0.669. The summed E-state index contributed by atoms with van der Waals surface area (Å²) < 4.78 is 10.7. The van der Waals surface area contributed by atoms with Gasteiger partial charge in [0.05, 0.1) is 34.2 Å². The van der Waals surface area contributed by atoms with Gasteiger partial charge in [-0.05, 0) is 77.2 Å². The number of hydrogen-bond acceptors (Lipinski definition) is 2. The molecule has 0 N–H and O–H groups in total. The van der Waals surface area contributed by atoms with Gasteiger partial charge in [0.25, 0.3) is 0 Å². The Morgan fingerprint density at radius 2 is 1.10 bits per heavy atom. The molecular formula is C44H24N4O. The first-order valence-electron chi connectivity index (χ1n) is 16.1. The topological polar surface area (TPSA) is 51.1 Å². The molecule has 0 aliphatic carbocycles. The second-order valence-electron chi connectivity index (χ2n) is 12.3. The number of hydrogen-bond donors (Lipinski definition) is 0. The van der Waals surface area contributed by atoms with Gasteiger partial charge in [0, 0.05) is 38.3 Å². The van der Waals surface area contributed by atoms with Gasteiger partial charge in [0.15, 0.2) is 0 Å². The Hall–Kier alpha value is -7.08. The Morgan fingerprint density at radius 3 is 1.86 bits per heavy atom. The molecular weight excluding hydrogens is 601 g/mol. The molecule has 0 aliphatic heterocycles. The van der Waals surface area contributed by atoms with Crippen LogP contribution in [0, 0.1) is 17.9 Å². The van der Waals surface area contributed by atoms with Gasteiger partial charge in [-0.2, -0.15) is 5.26 Å². The lowest BCUT2D eigenvalue weighted by atomic mass is 10.0. The van der Waals surface area contributed by atoms with Crippen LogP contribution in [0.15, 0.2) is 150 Å². The van der Waals surface area contributed by atoms with Crippen molar-refractivity contribution in [3.63, 3.8) is 0 Å². The van der Waals surface area contributed by atoms with Gasteiger partial charge < -0.3 is 13.6 Å². The van der Waals surface area contributed by atoms with E-state index in [1.807, 2.05) is 60.7 Å². The van der Waals surface area contributed by atoms with E-state index in [0.29, 0.717) is 11.3 Å². The Labute approximate surface area is 280 Å². The van der Waals surface area contributed by atoms with E-state index in [4.69, 9.17) is 11.0 Å². The van der Waals surface area contributed by atoms with Gasteiger partial charge in [-0.1, -0.05) is 84.9 Å². The summed E-state index contributed by atoms with van der Waals surface area (Å²) in [5.41, 5.74) is 10.9. The first-order chi connectivity index (χ1) is 24.2. The first-order valence-corrected chi connectivity index (χ1v) is 16.1. The maximum atomic E-state index is 10.1. The monoisotopic (exact) mass is 624 g/mol. The van der Waals surface area contributed by atoms with E-state index in [2.05, 4.69) is 105 Å². The van der Waals surface area contributed by atoms with E-state index in [-0.39, 0.29) is 0 Å². The van der Waals surface area contributed by atoms with Crippen LogP contribution in [0.2, 0.25) is 0 Å². The van der Waals surface area contributed by atoms with Crippen LogP contribution < -0.4 is 0 Å². The number of nitrogens with zero attached hydrogens (tertiary/aromatic N) is 4. The largest absolute Gasteiger partial charge is 0.456 e. The van der Waals surface area contributed by atoms with Gasteiger partial charge in [-0.25, -0.2) is 4.85 Å². The van der Waals surface area contributed by atoms with Crippen LogP contribution in [0.4, 0.5) is 5.69 Å². The maximum absolute atomic E-state index is 10.1. The third-order valence-corrected chi connectivity index (χ3v) is 9.76. The molecule has 0 unspecified atom stereocenters. The van der Waals surface area contributed by atoms with Crippen LogP contribution in [-0.2, 0) is 0 Å². The van der Waals surface area contributed by atoms with Gasteiger partial charge >= 0.3 is 0 Å². The summed E-state index contributed by atoms with van der Waals surface area (Å²) in [6, 6.07) is 52.0. The molecule has 49 heavy (non-hydrogen) atoms. The smallest absolute Gasteiger partial charge is 0.211 e. The molecule has 0 aliphatic rings. The molecule has 0 spiro atoms. The second kappa shape index (κ2) is 10.2. The average Bonchev–Trinajstić information content (AvgIpc) is 3.82. The molecule has 10 aromatic rings. The summed E-state index contributed by atoms with van der Waals surface area (Å²) in [5.74, 6) is 0. The summed E-state index contributed by atoms with van der Waals surface area (Å²) in [4.78, 5) is 3.89. The molecule has 0 saturated heterocycles. The third kappa shape index (κ3) is 3.85. The zero-order chi connectivity index (χ0) is 32.6. The highest BCUT2D eigenvalue weighted by Crippen LogP contribution is 2.40. The fraction of sp³-hybridized carbons (Fsp3) is 0. The zero-order valence-electron chi connectivity index (χ0n) is 26.1.